The van der Waals surface area contributed by atoms with E-state index in [0.717, 1.165) is 0 Å². The lowest BCUT2D eigenvalue weighted by Crippen LogP contribution is -2.21. The van der Waals surface area contributed by atoms with Crippen LogP contribution in [0.1, 0.15) is 39.3 Å². The van der Waals surface area contributed by atoms with E-state index in [1.54, 1.807) is 6.20 Å². The Balaban J connectivity index is 2.27. The Morgan fingerprint density at radius 1 is 1.35 bits per heavy atom. The maximum atomic E-state index is 11.8. The number of hydrogen-bond donors (Lipinski definition) is 3. The van der Waals surface area contributed by atoms with Gasteiger partial charge in [0, 0.05) is 18.0 Å². The van der Waals surface area contributed by atoms with Gasteiger partial charge in [-0.15, -0.1) is 5.10 Å². The lowest BCUT2D eigenvalue weighted by molar-refractivity contribution is -0.138. The molecule has 2 rings (SSSR count). The molecule has 124 valence electrons. The van der Waals surface area contributed by atoms with Gasteiger partial charge >= 0.3 is 11.7 Å². The fraction of sp³-hybridized carbons (Fsp3) is 0.500. The Morgan fingerprint density at radius 3 is 2.65 bits per heavy atom. The van der Waals surface area contributed by atoms with Gasteiger partial charge in [0.25, 0.3) is 0 Å². The van der Waals surface area contributed by atoms with Crippen molar-refractivity contribution in [1.82, 2.24) is 19.6 Å². The molecule has 23 heavy (non-hydrogen) atoms. The van der Waals surface area contributed by atoms with E-state index in [-0.39, 0.29) is 36.2 Å². The van der Waals surface area contributed by atoms with Gasteiger partial charge in [-0.05, 0) is 0 Å². The number of fused-ring (bicyclic) bond motifs is 1. The van der Waals surface area contributed by atoms with E-state index in [1.165, 1.54) is 4.40 Å². The first-order chi connectivity index (χ1) is 10.7. The zero-order chi connectivity index (χ0) is 17.2. The second-order valence-electron chi connectivity index (χ2n) is 6.23. The Morgan fingerprint density at radius 2 is 2.04 bits per heavy atom. The number of Topliss-reactive ketones (excluding diaryl/α,β-unsaturated/α-hetero) is 1. The number of nitrogens with zero attached hydrogens (tertiary/aromatic N) is 3. The van der Waals surface area contributed by atoms with Crippen molar-refractivity contribution >= 4 is 23.2 Å². The first kappa shape index (κ1) is 16.7. The minimum absolute atomic E-state index is 0.0645. The molecular formula is C14H19N5O4. The number of aliphatic carboxylic acids is 1. The molecule has 3 N–H and O–H groups in total. The van der Waals surface area contributed by atoms with E-state index in [4.69, 9.17) is 5.11 Å². The first-order valence-electron chi connectivity index (χ1n) is 7.14. The SMILES string of the molecule is CC(C)(C)c1cn2c(=O)[nH]nc2c(NCC(=O)CCC(=O)O)n1. The standard InChI is InChI=1S/C14H19N5O4/c1-14(2,3)9-7-19-12(17-18-13(19)23)11(16-9)15-6-8(20)4-5-10(21)22/h7H,4-6H2,1-3H3,(H,15,16)(H,18,23)(H,21,22). The molecule has 0 aromatic carbocycles. The van der Waals surface area contributed by atoms with Crippen molar-refractivity contribution in [2.45, 2.75) is 39.0 Å². The van der Waals surface area contributed by atoms with E-state index in [0.29, 0.717) is 11.5 Å². The van der Waals surface area contributed by atoms with E-state index < -0.39 is 11.7 Å². The quantitative estimate of drug-likeness (QED) is 0.708. The van der Waals surface area contributed by atoms with Crippen molar-refractivity contribution < 1.29 is 14.7 Å². The van der Waals surface area contributed by atoms with Crippen LogP contribution in [0, 0.1) is 0 Å². The Labute approximate surface area is 131 Å². The molecule has 0 aliphatic rings. The number of ketones is 1. The summed E-state index contributed by atoms with van der Waals surface area (Å²) in [6.45, 7) is 5.78. The topological polar surface area (TPSA) is 129 Å². The van der Waals surface area contributed by atoms with Gasteiger partial charge in [-0.3, -0.25) is 9.59 Å². The number of hydrogen-bond acceptors (Lipinski definition) is 6. The minimum Gasteiger partial charge on any atom is -0.481 e. The normalized spacial score (nSPS) is 11.6. The highest BCUT2D eigenvalue weighted by Gasteiger charge is 2.20. The van der Waals surface area contributed by atoms with Crippen LogP contribution < -0.4 is 11.0 Å². The predicted molar refractivity (Wildman–Crippen MR) is 82.7 cm³/mol. The summed E-state index contributed by atoms with van der Waals surface area (Å²) in [5.41, 5.74) is 0.255. The fourth-order valence-corrected chi connectivity index (χ4v) is 1.91. The van der Waals surface area contributed by atoms with Crippen molar-refractivity contribution in [3.8, 4) is 0 Å². The third-order valence-corrected chi connectivity index (χ3v) is 3.24. The molecule has 0 aliphatic carbocycles. The average molecular weight is 321 g/mol. The lowest BCUT2D eigenvalue weighted by atomic mass is 9.93. The van der Waals surface area contributed by atoms with Gasteiger partial charge in [0.15, 0.2) is 11.6 Å². The molecule has 0 spiro atoms. The average Bonchev–Trinajstić information content (AvgIpc) is 2.83. The zero-order valence-corrected chi connectivity index (χ0v) is 13.2. The van der Waals surface area contributed by atoms with Crippen LogP contribution in [-0.4, -0.2) is 43.0 Å². The summed E-state index contributed by atoms with van der Waals surface area (Å²) in [6, 6.07) is 0. The lowest BCUT2D eigenvalue weighted by Gasteiger charge is -2.19. The van der Waals surface area contributed by atoms with E-state index in [1.807, 2.05) is 20.8 Å². The van der Waals surface area contributed by atoms with Crippen LogP contribution in [0.3, 0.4) is 0 Å². The van der Waals surface area contributed by atoms with Crippen LogP contribution in [0.4, 0.5) is 5.82 Å². The van der Waals surface area contributed by atoms with Gasteiger partial charge in [0.05, 0.1) is 18.7 Å². The molecule has 2 heterocycles. The molecule has 9 nitrogen and oxygen atoms in total. The summed E-state index contributed by atoms with van der Waals surface area (Å²) in [6.07, 6.45) is 1.33. The molecule has 0 saturated heterocycles. The van der Waals surface area contributed by atoms with Gasteiger partial charge in [0.1, 0.15) is 0 Å². The fourth-order valence-electron chi connectivity index (χ4n) is 1.91. The molecular weight excluding hydrogens is 302 g/mol. The number of carboxylic acid groups (broad SMARTS) is 1. The number of aromatic nitrogens is 4. The number of carbonyl (C=O) groups excluding carboxylic acids is 1. The Hall–Kier alpha value is -2.71. The summed E-state index contributed by atoms with van der Waals surface area (Å²) >= 11 is 0. The predicted octanol–water partition coefficient (Wildman–Crippen LogP) is 0.561. The van der Waals surface area contributed by atoms with Crippen molar-refractivity contribution in [1.29, 1.82) is 0 Å². The smallest absolute Gasteiger partial charge is 0.347 e. The molecule has 0 radical (unpaired) electrons. The number of carbonyl (C=O) groups is 2. The number of H-pyrrole nitrogens is 1. The summed E-state index contributed by atoms with van der Waals surface area (Å²) in [7, 11) is 0. The maximum absolute atomic E-state index is 11.8. The maximum Gasteiger partial charge on any atom is 0.347 e. The number of anilines is 1. The summed E-state index contributed by atoms with van der Waals surface area (Å²) in [4.78, 5) is 38.4. The molecule has 0 atom stereocenters. The molecule has 0 bridgehead atoms. The van der Waals surface area contributed by atoms with Crippen LogP contribution in [0.2, 0.25) is 0 Å². The molecule has 2 aromatic heterocycles. The van der Waals surface area contributed by atoms with Crippen LogP contribution in [0.25, 0.3) is 5.65 Å². The van der Waals surface area contributed by atoms with Gasteiger partial charge in [-0.1, -0.05) is 20.8 Å². The number of rotatable bonds is 6. The van der Waals surface area contributed by atoms with Crippen molar-refractivity contribution in [2.75, 3.05) is 11.9 Å². The van der Waals surface area contributed by atoms with Gasteiger partial charge in [-0.2, -0.15) is 0 Å². The van der Waals surface area contributed by atoms with Crippen LogP contribution in [0.15, 0.2) is 11.0 Å². The highest BCUT2D eigenvalue weighted by atomic mass is 16.4. The summed E-state index contributed by atoms with van der Waals surface area (Å²) < 4.78 is 1.33. The van der Waals surface area contributed by atoms with E-state index in [2.05, 4.69) is 20.5 Å². The highest BCUT2D eigenvalue weighted by Crippen LogP contribution is 2.22. The van der Waals surface area contributed by atoms with Crippen LogP contribution in [0.5, 0.6) is 0 Å². The number of nitrogens with one attached hydrogen (secondary N) is 2. The monoisotopic (exact) mass is 321 g/mol. The van der Waals surface area contributed by atoms with Crippen molar-refractivity contribution in [3.63, 3.8) is 0 Å². The second-order valence-corrected chi connectivity index (χ2v) is 6.23. The highest BCUT2D eigenvalue weighted by molar-refractivity contribution is 5.86. The number of carboxylic acids is 1. The van der Waals surface area contributed by atoms with Gasteiger partial charge in [-0.25, -0.2) is 19.3 Å². The third-order valence-electron chi connectivity index (χ3n) is 3.24. The molecule has 9 heteroatoms. The number of aromatic amines is 1. The Kier molecular flexibility index (Phi) is 4.48. The van der Waals surface area contributed by atoms with Crippen molar-refractivity contribution in [3.05, 3.63) is 22.4 Å². The largest absolute Gasteiger partial charge is 0.481 e. The molecule has 0 fully saturated rings. The Bertz CT molecular complexity index is 800. The van der Waals surface area contributed by atoms with E-state index >= 15 is 0 Å². The minimum atomic E-state index is -1.02. The zero-order valence-electron chi connectivity index (χ0n) is 13.2. The van der Waals surface area contributed by atoms with Crippen LogP contribution in [-0.2, 0) is 15.0 Å². The molecule has 2 aromatic rings. The second kappa shape index (κ2) is 6.19. The van der Waals surface area contributed by atoms with Crippen LogP contribution >= 0.6 is 0 Å². The first-order valence-corrected chi connectivity index (χ1v) is 7.14. The van der Waals surface area contributed by atoms with Gasteiger partial charge in [0.2, 0.25) is 5.65 Å². The molecule has 0 saturated carbocycles. The molecule has 0 unspecified atom stereocenters. The molecule has 0 aliphatic heterocycles. The van der Waals surface area contributed by atoms with Crippen molar-refractivity contribution in [2.24, 2.45) is 0 Å². The van der Waals surface area contributed by atoms with Gasteiger partial charge < -0.3 is 10.4 Å². The third kappa shape index (κ3) is 3.93. The summed E-state index contributed by atoms with van der Waals surface area (Å²) in [5.74, 6) is -0.974. The summed E-state index contributed by atoms with van der Waals surface area (Å²) in [5, 5.41) is 17.6. The van der Waals surface area contributed by atoms with E-state index in [9.17, 15) is 14.4 Å². The molecule has 0 amide bonds.